The number of carbonyl (C=O) groups excluding carboxylic acids is 1. The molecule has 0 aliphatic carbocycles. The predicted molar refractivity (Wildman–Crippen MR) is 112 cm³/mol. The van der Waals surface area contributed by atoms with Gasteiger partial charge in [0.2, 0.25) is 5.91 Å². The highest BCUT2D eigenvalue weighted by Gasteiger charge is 2.25. The molecular weight excluding hydrogens is 382 g/mol. The number of carbonyl (C=O) groups is 1. The number of halogens is 1. The van der Waals surface area contributed by atoms with E-state index in [9.17, 15) is 9.59 Å². The molecule has 0 bridgehead atoms. The molecule has 2 heterocycles. The van der Waals surface area contributed by atoms with E-state index in [0.29, 0.717) is 45.2 Å². The van der Waals surface area contributed by atoms with Crippen LogP contribution >= 0.6 is 23.4 Å². The van der Waals surface area contributed by atoms with Crippen LogP contribution in [0.2, 0.25) is 5.02 Å². The van der Waals surface area contributed by atoms with Gasteiger partial charge in [-0.05, 0) is 42.9 Å². The lowest BCUT2D eigenvalue weighted by Gasteiger charge is -2.35. The van der Waals surface area contributed by atoms with Crippen LogP contribution in [-0.2, 0) is 11.3 Å². The molecule has 5 nitrogen and oxygen atoms in total. The van der Waals surface area contributed by atoms with E-state index >= 15 is 0 Å². The van der Waals surface area contributed by atoms with E-state index in [4.69, 9.17) is 11.6 Å². The summed E-state index contributed by atoms with van der Waals surface area (Å²) in [7, 11) is 0. The van der Waals surface area contributed by atoms with Gasteiger partial charge in [-0.1, -0.05) is 44.1 Å². The number of rotatable bonds is 5. The maximum absolute atomic E-state index is 12.9. The van der Waals surface area contributed by atoms with Gasteiger partial charge in [-0.3, -0.25) is 14.2 Å². The molecule has 0 spiro atoms. The lowest BCUT2D eigenvalue weighted by molar-refractivity contribution is -0.130. The highest BCUT2D eigenvalue weighted by Crippen LogP contribution is 2.24. The summed E-state index contributed by atoms with van der Waals surface area (Å²) >= 11 is 7.41. The molecule has 1 aliphatic rings. The van der Waals surface area contributed by atoms with Gasteiger partial charge in [0.15, 0.2) is 5.16 Å². The number of hydrogen-bond acceptors (Lipinski definition) is 4. The zero-order chi connectivity index (χ0) is 19.6. The van der Waals surface area contributed by atoms with E-state index < -0.39 is 0 Å². The second-order valence-electron chi connectivity index (χ2n) is 7.55. The van der Waals surface area contributed by atoms with Gasteiger partial charge in [0.25, 0.3) is 5.56 Å². The van der Waals surface area contributed by atoms with Crippen LogP contribution in [-0.4, -0.2) is 39.2 Å². The lowest BCUT2D eigenvalue weighted by Crippen LogP contribution is -2.43. The van der Waals surface area contributed by atoms with Gasteiger partial charge in [0.05, 0.1) is 16.7 Å². The van der Waals surface area contributed by atoms with Crippen LogP contribution in [0.1, 0.15) is 33.6 Å². The molecule has 0 unspecified atom stereocenters. The average Bonchev–Trinajstić information content (AvgIpc) is 2.61. The summed E-state index contributed by atoms with van der Waals surface area (Å²) in [6.07, 6.45) is 1.99. The SMILES string of the molecule is CCCn1c(SCC(=O)N2C[C@H](C)C[C@H](C)C2)nc2cc(Cl)ccc2c1=O. The van der Waals surface area contributed by atoms with E-state index in [-0.39, 0.29) is 11.5 Å². The van der Waals surface area contributed by atoms with Crippen molar-refractivity contribution in [2.75, 3.05) is 18.8 Å². The molecule has 3 rings (SSSR count). The average molecular weight is 408 g/mol. The zero-order valence-electron chi connectivity index (χ0n) is 16.1. The van der Waals surface area contributed by atoms with Gasteiger partial charge in [-0.2, -0.15) is 0 Å². The second-order valence-corrected chi connectivity index (χ2v) is 8.93. The molecule has 2 atom stereocenters. The Labute approximate surface area is 169 Å². The topological polar surface area (TPSA) is 55.2 Å². The summed E-state index contributed by atoms with van der Waals surface area (Å²) < 4.78 is 1.68. The van der Waals surface area contributed by atoms with Gasteiger partial charge in [0, 0.05) is 24.7 Å². The van der Waals surface area contributed by atoms with Crippen molar-refractivity contribution in [3.8, 4) is 0 Å². The fraction of sp³-hybridized carbons (Fsp3) is 0.550. The minimum atomic E-state index is -0.0753. The minimum absolute atomic E-state index is 0.0753. The third-order valence-electron chi connectivity index (χ3n) is 4.88. The van der Waals surface area contributed by atoms with Crippen LogP contribution in [0.25, 0.3) is 10.9 Å². The van der Waals surface area contributed by atoms with Crippen molar-refractivity contribution < 1.29 is 4.79 Å². The Hall–Kier alpha value is -1.53. The molecule has 1 aromatic heterocycles. The minimum Gasteiger partial charge on any atom is -0.341 e. The molecule has 146 valence electrons. The molecule has 1 aliphatic heterocycles. The van der Waals surface area contributed by atoms with Crippen LogP contribution < -0.4 is 5.56 Å². The zero-order valence-corrected chi connectivity index (χ0v) is 17.6. The number of piperidine rings is 1. The number of nitrogens with zero attached hydrogens (tertiary/aromatic N) is 3. The summed E-state index contributed by atoms with van der Waals surface area (Å²) in [5, 5.41) is 1.69. The quantitative estimate of drug-likeness (QED) is 0.554. The van der Waals surface area contributed by atoms with Crippen LogP contribution in [0.5, 0.6) is 0 Å². The monoisotopic (exact) mass is 407 g/mol. The standard InChI is InChI=1S/C20H26ClN3O2S/c1-4-7-24-19(26)16-6-5-15(21)9-17(16)22-20(24)27-12-18(25)23-10-13(2)8-14(3)11-23/h5-6,9,13-14H,4,7-8,10-12H2,1-3H3/t13-,14+. The first-order valence-corrected chi connectivity index (χ1v) is 10.9. The summed E-state index contributed by atoms with van der Waals surface area (Å²) in [6.45, 7) is 8.61. The number of amides is 1. The van der Waals surface area contributed by atoms with Gasteiger partial charge in [-0.15, -0.1) is 0 Å². The molecule has 1 amide bonds. The first-order chi connectivity index (χ1) is 12.9. The third kappa shape index (κ3) is 4.66. The molecule has 27 heavy (non-hydrogen) atoms. The molecule has 1 aromatic carbocycles. The fourth-order valence-corrected chi connectivity index (χ4v) is 4.88. The summed E-state index contributed by atoms with van der Waals surface area (Å²) in [6, 6.07) is 5.13. The van der Waals surface area contributed by atoms with Crippen LogP contribution in [0.15, 0.2) is 28.2 Å². The number of thioether (sulfide) groups is 1. The molecule has 1 saturated heterocycles. The Morgan fingerprint density at radius 1 is 1.30 bits per heavy atom. The van der Waals surface area contributed by atoms with Crippen LogP contribution in [0, 0.1) is 11.8 Å². The summed E-state index contributed by atoms with van der Waals surface area (Å²) in [5.74, 6) is 1.47. The lowest BCUT2D eigenvalue weighted by atomic mass is 9.92. The van der Waals surface area contributed by atoms with E-state index in [1.165, 1.54) is 18.2 Å². The largest absolute Gasteiger partial charge is 0.341 e. The first kappa shape index (κ1) is 20.2. The van der Waals surface area contributed by atoms with Crippen molar-refractivity contribution in [2.45, 2.75) is 45.3 Å². The normalized spacial score (nSPS) is 20.2. The van der Waals surface area contributed by atoms with Gasteiger partial charge >= 0.3 is 0 Å². The Bertz CT molecular complexity index is 889. The number of benzene rings is 1. The van der Waals surface area contributed by atoms with Crippen LogP contribution in [0.4, 0.5) is 0 Å². The Kier molecular flexibility index (Phi) is 6.48. The van der Waals surface area contributed by atoms with Crippen LogP contribution in [0.3, 0.4) is 0 Å². The smallest absolute Gasteiger partial charge is 0.262 e. The Balaban J connectivity index is 1.84. The van der Waals surface area contributed by atoms with E-state index in [1.807, 2.05) is 11.8 Å². The number of fused-ring (bicyclic) bond motifs is 1. The maximum atomic E-state index is 12.9. The second kappa shape index (κ2) is 8.65. The fourth-order valence-electron chi connectivity index (χ4n) is 3.79. The van der Waals surface area contributed by atoms with Crippen molar-refractivity contribution in [3.05, 3.63) is 33.6 Å². The molecular formula is C20H26ClN3O2S. The number of aromatic nitrogens is 2. The van der Waals surface area contributed by atoms with Gasteiger partial charge in [-0.25, -0.2) is 4.98 Å². The van der Waals surface area contributed by atoms with Crippen molar-refractivity contribution in [1.82, 2.24) is 14.5 Å². The Morgan fingerprint density at radius 3 is 2.67 bits per heavy atom. The van der Waals surface area contributed by atoms with Crippen molar-refractivity contribution >= 4 is 40.2 Å². The number of hydrogen-bond donors (Lipinski definition) is 0. The van der Waals surface area contributed by atoms with E-state index in [0.717, 1.165) is 19.5 Å². The predicted octanol–water partition coefficient (Wildman–Crippen LogP) is 4.06. The van der Waals surface area contributed by atoms with E-state index in [1.54, 1.807) is 22.8 Å². The molecule has 1 fully saturated rings. The summed E-state index contributed by atoms with van der Waals surface area (Å²) in [5.41, 5.74) is 0.503. The van der Waals surface area contributed by atoms with Gasteiger partial charge < -0.3 is 4.90 Å². The molecule has 2 aromatic rings. The molecule has 0 radical (unpaired) electrons. The highest BCUT2D eigenvalue weighted by molar-refractivity contribution is 7.99. The maximum Gasteiger partial charge on any atom is 0.262 e. The molecule has 7 heteroatoms. The highest BCUT2D eigenvalue weighted by atomic mass is 35.5. The third-order valence-corrected chi connectivity index (χ3v) is 6.07. The summed E-state index contributed by atoms with van der Waals surface area (Å²) in [4.78, 5) is 32.1. The van der Waals surface area contributed by atoms with Crippen molar-refractivity contribution in [2.24, 2.45) is 11.8 Å². The van der Waals surface area contributed by atoms with Crippen molar-refractivity contribution in [3.63, 3.8) is 0 Å². The van der Waals surface area contributed by atoms with Crippen molar-refractivity contribution in [1.29, 1.82) is 0 Å². The van der Waals surface area contributed by atoms with Gasteiger partial charge in [0.1, 0.15) is 0 Å². The molecule has 0 N–H and O–H groups in total. The van der Waals surface area contributed by atoms with E-state index in [2.05, 4.69) is 18.8 Å². The number of likely N-dealkylation sites (tertiary alicyclic amines) is 1. The molecule has 0 saturated carbocycles. The first-order valence-electron chi connectivity index (χ1n) is 9.49. The Morgan fingerprint density at radius 2 is 2.00 bits per heavy atom.